The van der Waals surface area contributed by atoms with Crippen LogP contribution in [0.4, 0.5) is 18.9 Å². The van der Waals surface area contributed by atoms with Crippen molar-refractivity contribution in [3.8, 4) is 6.07 Å². The Morgan fingerprint density at radius 2 is 2.11 bits per heavy atom. The minimum absolute atomic E-state index is 0.343. The first-order valence-corrected chi connectivity index (χ1v) is 9.41. The topological polar surface area (TPSA) is 53.6 Å². The van der Waals surface area contributed by atoms with E-state index in [0.717, 1.165) is 43.1 Å². The predicted molar refractivity (Wildman–Crippen MR) is 103 cm³/mol. The zero-order valence-corrected chi connectivity index (χ0v) is 16.0. The summed E-state index contributed by atoms with van der Waals surface area (Å²) in [5.74, 6) is 0. The van der Waals surface area contributed by atoms with E-state index in [1.165, 1.54) is 6.07 Å². The molecular weight excluding hydrogens is 365 g/mol. The van der Waals surface area contributed by atoms with Crippen LogP contribution >= 0.6 is 0 Å². The molecule has 7 heteroatoms. The molecule has 0 saturated heterocycles. The highest BCUT2D eigenvalue weighted by molar-refractivity contribution is 5.66. The molecule has 1 aromatic carbocycles. The van der Waals surface area contributed by atoms with E-state index >= 15 is 0 Å². The second-order valence-corrected chi connectivity index (χ2v) is 7.14. The fraction of sp³-hybridized carbons (Fsp3) is 0.429. The maximum atomic E-state index is 13.3. The van der Waals surface area contributed by atoms with Gasteiger partial charge in [0.25, 0.3) is 0 Å². The molecule has 0 bridgehead atoms. The molecule has 1 N–H and O–H groups in total. The average Bonchev–Trinajstić information content (AvgIpc) is 3.16. The Balaban J connectivity index is 1.90. The molecule has 1 aliphatic carbocycles. The molecule has 1 atom stereocenters. The van der Waals surface area contributed by atoms with Crippen molar-refractivity contribution in [2.45, 2.75) is 57.8 Å². The number of aryl methyl sites for hydroxylation is 1. The zero-order chi connectivity index (χ0) is 20.4. The van der Waals surface area contributed by atoms with Gasteiger partial charge in [0.2, 0.25) is 0 Å². The van der Waals surface area contributed by atoms with E-state index in [1.807, 2.05) is 13.1 Å². The average molecular weight is 388 g/mol. The Morgan fingerprint density at radius 1 is 1.32 bits per heavy atom. The van der Waals surface area contributed by atoms with Crippen molar-refractivity contribution in [3.05, 3.63) is 53.6 Å². The fourth-order valence-corrected chi connectivity index (χ4v) is 3.84. The Bertz CT molecular complexity index is 920. The van der Waals surface area contributed by atoms with Gasteiger partial charge in [0.05, 0.1) is 35.4 Å². The van der Waals surface area contributed by atoms with Crippen LogP contribution in [0, 0.1) is 11.3 Å². The molecule has 0 aliphatic heterocycles. The highest BCUT2D eigenvalue weighted by Gasteiger charge is 2.36. The van der Waals surface area contributed by atoms with Gasteiger partial charge in [-0.25, -0.2) is 4.98 Å². The minimum Gasteiger partial charge on any atom is -0.379 e. The van der Waals surface area contributed by atoms with E-state index in [1.54, 1.807) is 18.5 Å². The molecule has 1 aromatic heterocycles. The van der Waals surface area contributed by atoms with Crippen molar-refractivity contribution in [2.75, 3.05) is 5.32 Å². The van der Waals surface area contributed by atoms with Crippen LogP contribution in [0.15, 0.2) is 36.8 Å². The van der Waals surface area contributed by atoms with Crippen molar-refractivity contribution in [1.82, 2.24) is 9.55 Å². The van der Waals surface area contributed by atoms with Gasteiger partial charge in [-0.15, -0.1) is 0 Å². The first kappa shape index (κ1) is 20.0. The lowest BCUT2D eigenvalue weighted by Crippen LogP contribution is -2.39. The van der Waals surface area contributed by atoms with E-state index in [4.69, 9.17) is 5.26 Å². The largest absolute Gasteiger partial charge is 0.417 e. The number of nitriles is 1. The van der Waals surface area contributed by atoms with Gasteiger partial charge >= 0.3 is 6.18 Å². The summed E-state index contributed by atoms with van der Waals surface area (Å²) in [4.78, 5) is 4.23. The van der Waals surface area contributed by atoms with E-state index in [2.05, 4.69) is 27.9 Å². The quantitative estimate of drug-likeness (QED) is 0.723. The lowest BCUT2D eigenvalue weighted by molar-refractivity contribution is -0.137. The number of halogens is 3. The number of hydrogen-bond acceptors (Lipinski definition) is 3. The number of imidazole rings is 1. The number of rotatable bonds is 5. The van der Waals surface area contributed by atoms with Crippen LogP contribution in [0.5, 0.6) is 0 Å². The van der Waals surface area contributed by atoms with Crippen LogP contribution in [0.1, 0.15) is 56.4 Å². The highest BCUT2D eigenvalue weighted by Crippen LogP contribution is 2.40. The molecule has 3 rings (SSSR count). The van der Waals surface area contributed by atoms with Gasteiger partial charge < -0.3 is 9.88 Å². The third kappa shape index (κ3) is 3.91. The van der Waals surface area contributed by atoms with Crippen LogP contribution in [0.3, 0.4) is 0 Å². The molecule has 0 spiro atoms. The maximum absolute atomic E-state index is 13.3. The van der Waals surface area contributed by atoms with Crippen LogP contribution < -0.4 is 5.32 Å². The maximum Gasteiger partial charge on any atom is 0.417 e. The van der Waals surface area contributed by atoms with E-state index in [0.29, 0.717) is 12.1 Å². The SMILES string of the molecule is CCn1cncc1C1=CCCC(CC)(Nc2ccc(C#N)c(C(F)(F)F)c2)C1. The lowest BCUT2D eigenvalue weighted by Gasteiger charge is -2.39. The fourth-order valence-electron chi connectivity index (χ4n) is 3.84. The van der Waals surface area contributed by atoms with Gasteiger partial charge in [-0.1, -0.05) is 13.0 Å². The number of nitrogens with one attached hydrogen (secondary N) is 1. The second-order valence-electron chi connectivity index (χ2n) is 7.14. The number of benzene rings is 1. The van der Waals surface area contributed by atoms with Crippen molar-refractivity contribution in [1.29, 1.82) is 5.26 Å². The predicted octanol–water partition coefficient (Wildman–Crippen LogP) is 5.62. The molecule has 1 unspecified atom stereocenters. The van der Waals surface area contributed by atoms with Crippen LogP contribution in [-0.4, -0.2) is 15.1 Å². The molecule has 28 heavy (non-hydrogen) atoms. The van der Waals surface area contributed by atoms with Gasteiger partial charge in [-0.2, -0.15) is 18.4 Å². The number of nitrogens with zero attached hydrogens (tertiary/aromatic N) is 3. The number of allylic oxidation sites excluding steroid dienone is 1. The van der Waals surface area contributed by atoms with Crippen molar-refractivity contribution in [2.24, 2.45) is 0 Å². The Labute approximate surface area is 162 Å². The monoisotopic (exact) mass is 388 g/mol. The number of aromatic nitrogens is 2. The Kier molecular flexibility index (Phi) is 5.50. The Morgan fingerprint density at radius 3 is 2.75 bits per heavy atom. The second kappa shape index (κ2) is 7.70. The van der Waals surface area contributed by atoms with Gasteiger partial charge in [0.1, 0.15) is 0 Å². The van der Waals surface area contributed by atoms with Gasteiger partial charge in [-0.3, -0.25) is 0 Å². The summed E-state index contributed by atoms with van der Waals surface area (Å²) in [6, 6.07) is 5.47. The van der Waals surface area contributed by atoms with Gasteiger partial charge in [0, 0.05) is 17.8 Å². The molecule has 148 valence electrons. The smallest absolute Gasteiger partial charge is 0.379 e. The molecule has 0 radical (unpaired) electrons. The van der Waals surface area contributed by atoms with E-state index < -0.39 is 11.7 Å². The summed E-state index contributed by atoms with van der Waals surface area (Å²) in [6.07, 6.45) is 4.41. The standard InChI is InChI=1S/C21H23F3N4/c1-3-20(9-5-6-15(11-20)19-13-26-14-28(19)4-2)27-17-8-7-16(12-25)18(10-17)21(22,23)24/h6-8,10,13-14,27H,3-5,9,11H2,1-2H3. The van der Waals surface area contributed by atoms with Crippen LogP contribution in [0.2, 0.25) is 0 Å². The number of anilines is 1. The zero-order valence-electron chi connectivity index (χ0n) is 16.0. The minimum atomic E-state index is -4.56. The van der Waals surface area contributed by atoms with E-state index in [9.17, 15) is 13.2 Å². The van der Waals surface area contributed by atoms with Gasteiger partial charge in [0.15, 0.2) is 0 Å². The van der Waals surface area contributed by atoms with Crippen molar-refractivity contribution >= 4 is 11.3 Å². The third-order valence-electron chi connectivity index (χ3n) is 5.46. The highest BCUT2D eigenvalue weighted by atomic mass is 19.4. The number of alkyl halides is 3. The lowest BCUT2D eigenvalue weighted by atomic mass is 9.78. The summed E-state index contributed by atoms with van der Waals surface area (Å²) in [6.45, 7) is 4.90. The first-order valence-electron chi connectivity index (χ1n) is 9.41. The molecule has 2 aromatic rings. The van der Waals surface area contributed by atoms with Crippen molar-refractivity contribution < 1.29 is 13.2 Å². The summed E-state index contributed by atoms with van der Waals surface area (Å²) < 4.78 is 42.0. The summed E-state index contributed by atoms with van der Waals surface area (Å²) in [7, 11) is 0. The van der Waals surface area contributed by atoms with E-state index in [-0.39, 0.29) is 11.1 Å². The molecule has 0 fully saturated rings. The normalized spacial score (nSPS) is 19.8. The molecule has 1 heterocycles. The molecule has 1 aliphatic rings. The summed E-state index contributed by atoms with van der Waals surface area (Å²) in [5, 5.41) is 12.4. The van der Waals surface area contributed by atoms with Gasteiger partial charge in [-0.05, 0) is 56.4 Å². The summed E-state index contributed by atoms with van der Waals surface area (Å²) >= 11 is 0. The molecule has 0 saturated carbocycles. The Hall–Kier alpha value is -2.75. The van der Waals surface area contributed by atoms with Crippen LogP contribution in [-0.2, 0) is 12.7 Å². The molecular formula is C21H23F3N4. The van der Waals surface area contributed by atoms with Crippen LogP contribution in [0.25, 0.3) is 5.57 Å². The number of hydrogen-bond donors (Lipinski definition) is 1. The third-order valence-corrected chi connectivity index (χ3v) is 5.46. The molecule has 0 amide bonds. The first-order chi connectivity index (χ1) is 13.3. The summed E-state index contributed by atoms with van der Waals surface area (Å²) in [5.41, 5.74) is 0.992. The van der Waals surface area contributed by atoms with Crippen molar-refractivity contribution in [3.63, 3.8) is 0 Å². The molecule has 4 nitrogen and oxygen atoms in total.